The fraction of sp³-hybridized carbons (Fsp3) is 0.333. The minimum atomic E-state index is -0.426. The van der Waals surface area contributed by atoms with Crippen molar-refractivity contribution in [2.75, 3.05) is 11.4 Å². The van der Waals surface area contributed by atoms with Gasteiger partial charge >= 0.3 is 0 Å². The number of hydrogen-bond donors (Lipinski definition) is 1. The zero-order valence-electron chi connectivity index (χ0n) is 11.9. The highest BCUT2D eigenvalue weighted by atomic mass is 16.3. The molecule has 1 heterocycles. The zero-order valence-corrected chi connectivity index (χ0v) is 11.9. The van der Waals surface area contributed by atoms with Crippen molar-refractivity contribution in [2.24, 2.45) is 0 Å². The summed E-state index contributed by atoms with van der Waals surface area (Å²) in [6.45, 7) is 3.81. The molecule has 0 aromatic heterocycles. The molecule has 0 spiro atoms. The minimum Gasteiger partial charge on any atom is -0.389 e. The third-order valence-corrected chi connectivity index (χ3v) is 4.08. The molecule has 0 saturated carbocycles. The fourth-order valence-corrected chi connectivity index (χ4v) is 3.04. The minimum absolute atomic E-state index is 0.426. The SMILES string of the molecule is C[C@H](O)c1ccccc1N1CCCc2ccccc2C1. The van der Waals surface area contributed by atoms with Crippen molar-refractivity contribution in [3.8, 4) is 0 Å². The van der Waals surface area contributed by atoms with Crippen LogP contribution >= 0.6 is 0 Å². The Labute approximate surface area is 120 Å². The molecule has 0 saturated heterocycles. The number of aryl methyl sites for hydroxylation is 1. The molecular weight excluding hydrogens is 246 g/mol. The maximum absolute atomic E-state index is 9.97. The predicted molar refractivity (Wildman–Crippen MR) is 82.9 cm³/mol. The number of aliphatic hydroxyl groups excluding tert-OH is 1. The number of nitrogens with zero attached hydrogens (tertiary/aromatic N) is 1. The van der Waals surface area contributed by atoms with E-state index in [4.69, 9.17) is 0 Å². The van der Waals surface area contributed by atoms with Crippen LogP contribution in [-0.4, -0.2) is 11.7 Å². The molecule has 0 fully saturated rings. The van der Waals surface area contributed by atoms with Crippen molar-refractivity contribution >= 4 is 5.69 Å². The maximum Gasteiger partial charge on any atom is 0.0781 e. The van der Waals surface area contributed by atoms with Crippen LogP contribution < -0.4 is 4.90 Å². The molecule has 0 radical (unpaired) electrons. The molecule has 2 aromatic rings. The molecule has 2 nitrogen and oxygen atoms in total. The monoisotopic (exact) mass is 267 g/mol. The number of anilines is 1. The third kappa shape index (κ3) is 2.56. The second-order valence-corrected chi connectivity index (χ2v) is 5.53. The van der Waals surface area contributed by atoms with Gasteiger partial charge in [-0.1, -0.05) is 42.5 Å². The van der Waals surface area contributed by atoms with Crippen molar-refractivity contribution in [3.63, 3.8) is 0 Å². The average molecular weight is 267 g/mol. The summed E-state index contributed by atoms with van der Waals surface area (Å²) in [5, 5.41) is 9.97. The number of benzene rings is 2. The highest BCUT2D eigenvalue weighted by molar-refractivity contribution is 5.55. The van der Waals surface area contributed by atoms with Gasteiger partial charge in [0.2, 0.25) is 0 Å². The molecule has 0 unspecified atom stereocenters. The Bertz CT molecular complexity index is 591. The zero-order chi connectivity index (χ0) is 13.9. The summed E-state index contributed by atoms with van der Waals surface area (Å²) in [6, 6.07) is 16.9. The van der Waals surface area contributed by atoms with Crippen molar-refractivity contribution < 1.29 is 5.11 Å². The first-order valence-electron chi connectivity index (χ1n) is 7.34. The van der Waals surface area contributed by atoms with Crippen LogP contribution in [0, 0.1) is 0 Å². The summed E-state index contributed by atoms with van der Waals surface area (Å²) in [5.41, 5.74) is 5.06. The molecule has 1 aliphatic rings. The molecule has 104 valence electrons. The van der Waals surface area contributed by atoms with Gasteiger partial charge in [-0.2, -0.15) is 0 Å². The molecule has 1 N–H and O–H groups in total. The molecular formula is C18H21NO. The summed E-state index contributed by atoms with van der Waals surface area (Å²) in [5.74, 6) is 0. The van der Waals surface area contributed by atoms with Crippen LogP contribution in [0.4, 0.5) is 5.69 Å². The standard InChI is InChI=1S/C18H21NO/c1-14(20)17-10-4-5-11-18(17)19-12-6-9-15-7-2-3-8-16(15)13-19/h2-5,7-8,10-11,14,20H,6,9,12-13H2,1H3/t14-/m0/s1. The van der Waals surface area contributed by atoms with Gasteiger partial charge in [-0.05, 0) is 37.0 Å². The largest absolute Gasteiger partial charge is 0.389 e. The summed E-state index contributed by atoms with van der Waals surface area (Å²) in [4.78, 5) is 2.40. The number of fused-ring (bicyclic) bond motifs is 1. The van der Waals surface area contributed by atoms with Gasteiger partial charge in [0.15, 0.2) is 0 Å². The van der Waals surface area contributed by atoms with Crippen LogP contribution in [-0.2, 0) is 13.0 Å². The lowest BCUT2D eigenvalue weighted by atomic mass is 10.0. The predicted octanol–water partition coefficient (Wildman–Crippen LogP) is 3.69. The molecule has 2 heteroatoms. The van der Waals surface area contributed by atoms with E-state index in [-0.39, 0.29) is 0 Å². The van der Waals surface area contributed by atoms with Crippen LogP contribution in [0.5, 0.6) is 0 Å². The first-order valence-corrected chi connectivity index (χ1v) is 7.34. The van der Waals surface area contributed by atoms with Crippen molar-refractivity contribution in [1.29, 1.82) is 0 Å². The van der Waals surface area contributed by atoms with Crippen LogP contribution in [0.15, 0.2) is 48.5 Å². The number of hydrogen-bond acceptors (Lipinski definition) is 2. The maximum atomic E-state index is 9.97. The quantitative estimate of drug-likeness (QED) is 0.897. The molecule has 2 aromatic carbocycles. The van der Waals surface area contributed by atoms with E-state index in [0.717, 1.165) is 31.5 Å². The topological polar surface area (TPSA) is 23.5 Å². The smallest absolute Gasteiger partial charge is 0.0781 e. The highest BCUT2D eigenvalue weighted by Crippen LogP contribution is 2.30. The van der Waals surface area contributed by atoms with Crippen molar-refractivity contribution in [2.45, 2.75) is 32.4 Å². The summed E-state index contributed by atoms with van der Waals surface area (Å²) in [6.07, 6.45) is 1.87. The first kappa shape index (κ1) is 13.2. The van der Waals surface area contributed by atoms with E-state index in [1.807, 2.05) is 19.1 Å². The Morgan fingerprint density at radius 1 is 1.00 bits per heavy atom. The van der Waals surface area contributed by atoms with Gasteiger partial charge in [0.1, 0.15) is 0 Å². The second kappa shape index (κ2) is 5.68. The Kier molecular flexibility index (Phi) is 3.75. The normalized spacial score (nSPS) is 16.4. The lowest BCUT2D eigenvalue weighted by molar-refractivity contribution is 0.199. The van der Waals surface area contributed by atoms with Gasteiger partial charge in [0.25, 0.3) is 0 Å². The van der Waals surface area contributed by atoms with Gasteiger partial charge < -0.3 is 10.0 Å². The Morgan fingerprint density at radius 3 is 2.50 bits per heavy atom. The molecule has 1 aliphatic heterocycles. The number of rotatable bonds is 2. The van der Waals surface area contributed by atoms with E-state index >= 15 is 0 Å². The molecule has 0 bridgehead atoms. The van der Waals surface area contributed by atoms with E-state index in [1.165, 1.54) is 16.8 Å². The van der Waals surface area contributed by atoms with Gasteiger partial charge in [-0.25, -0.2) is 0 Å². The van der Waals surface area contributed by atoms with Gasteiger partial charge in [0, 0.05) is 24.3 Å². The summed E-state index contributed by atoms with van der Waals surface area (Å²) < 4.78 is 0. The van der Waals surface area contributed by atoms with E-state index in [0.29, 0.717) is 0 Å². The molecule has 1 atom stereocenters. The Hall–Kier alpha value is -1.80. The summed E-state index contributed by atoms with van der Waals surface area (Å²) >= 11 is 0. The molecule has 3 rings (SSSR count). The molecule has 0 aliphatic carbocycles. The lowest BCUT2D eigenvalue weighted by Gasteiger charge is -2.26. The fourth-order valence-electron chi connectivity index (χ4n) is 3.04. The average Bonchev–Trinajstić information content (AvgIpc) is 2.69. The highest BCUT2D eigenvalue weighted by Gasteiger charge is 2.18. The third-order valence-electron chi connectivity index (χ3n) is 4.08. The van der Waals surface area contributed by atoms with Crippen LogP contribution in [0.2, 0.25) is 0 Å². The van der Waals surface area contributed by atoms with Crippen molar-refractivity contribution in [3.05, 3.63) is 65.2 Å². The van der Waals surface area contributed by atoms with Gasteiger partial charge in [-0.15, -0.1) is 0 Å². The van der Waals surface area contributed by atoms with Crippen molar-refractivity contribution in [1.82, 2.24) is 0 Å². The number of aliphatic hydroxyl groups is 1. The van der Waals surface area contributed by atoms with Crippen LogP contribution in [0.25, 0.3) is 0 Å². The Balaban J connectivity index is 1.96. The summed E-state index contributed by atoms with van der Waals surface area (Å²) in [7, 11) is 0. The van der Waals surface area contributed by atoms with Crippen LogP contribution in [0.3, 0.4) is 0 Å². The molecule has 0 amide bonds. The Morgan fingerprint density at radius 2 is 1.70 bits per heavy atom. The van der Waals surface area contributed by atoms with E-state index < -0.39 is 6.10 Å². The second-order valence-electron chi connectivity index (χ2n) is 5.53. The lowest BCUT2D eigenvalue weighted by Crippen LogP contribution is -2.24. The van der Waals surface area contributed by atoms with Crippen LogP contribution in [0.1, 0.15) is 36.1 Å². The van der Waals surface area contributed by atoms with Gasteiger partial charge in [-0.3, -0.25) is 0 Å². The van der Waals surface area contributed by atoms with E-state index in [2.05, 4.69) is 41.3 Å². The first-order chi connectivity index (χ1) is 9.75. The van der Waals surface area contributed by atoms with E-state index in [1.54, 1.807) is 0 Å². The number of para-hydroxylation sites is 1. The van der Waals surface area contributed by atoms with E-state index in [9.17, 15) is 5.11 Å². The molecule has 20 heavy (non-hydrogen) atoms. The van der Waals surface area contributed by atoms with Gasteiger partial charge in [0.05, 0.1) is 6.10 Å².